The Kier molecular flexibility index (Phi) is 3.30. The van der Waals surface area contributed by atoms with Crippen molar-refractivity contribution in [2.75, 3.05) is 0 Å². The van der Waals surface area contributed by atoms with E-state index in [1.165, 1.54) is 0 Å². The molecule has 0 aromatic heterocycles. The van der Waals surface area contributed by atoms with E-state index in [1.807, 2.05) is 18.2 Å². The van der Waals surface area contributed by atoms with Crippen LogP contribution in [-0.2, 0) is 16.8 Å². The van der Waals surface area contributed by atoms with Crippen molar-refractivity contribution in [3.8, 4) is 0 Å². The average Bonchev–Trinajstić information content (AvgIpc) is 2.28. The fourth-order valence-electron chi connectivity index (χ4n) is 2.71. The van der Waals surface area contributed by atoms with Gasteiger partial charge in [0.25, 0.3) is 0 Å². The summed E-state index contributed by atoms with van der Waals surface area (Å²) in [6.45, 7) is 3.45. The molecule has 1 amide bonds. The van der Waals surface area contributed by atoms with E-state index >= 15 is 0 Å². The number of carboxylic acid groups (broad SMARTS) is 2. The van der Waals surface area contributed by atoms with Gasteiger partial charge >= 0.3 is 12.1 Å². The minimum atomic E-state index is -1.22. The first-order valence-corrected chi connectivity index (χ1v) is 6.59. The topological polar surface area (TPSA) is 77.8 Å². The maximum Gasteiger partial charge on any atom is 0.408 e. The zero-order valence-corrected chi connectivity index (χ0v) is 12.1. The van der Waals surface area contributed by atoms with E-state index < -0.39 is 23.6 Å². The van der Waals surface area contributed by atoms with Crippen molar-refractivity contribution in [2.45, 2.75) is 31.8 Å². The van der Waals surface area contributed by atoms with Gasteiger partial charge in [0, 0.05) is 10.9 Å². The molecular formula is C13H14BrNO4. The van der Waals surface area contributed by atoms with Crippen molar-refractivity contribution in [1.29, 1.82) is 0 Å². The number of nitrogens with zero attached hydrogens (tertiary/aromatic N) is 1. The fourth-order valence-corrected chi connectivity index (χ4v) is 3.24. The van der Waals surface area contributed by atoms with Gasteiger partial charge in [0.2, 0.25) is 0 Å². The van der Waals surface area contributed by atoms with Crippen LogP contribution in [0.3, 0.4) is 0 Å². The molecule has 0 radical (unpaired) electrons. The molecule has 2 N–H and O–H groups in total. The molecule has 0 saturated carbocycles. The number of hydrogen-bond donors (Lipinski definition) is 2. The summed E-state index contributed by atoms with van der Waals surface area (Å²) in [5, 5.41) is 18.6. The summed E-state index contributed by atoms with van der Waals surface area (Å²) >= 11 is 3.41. The Hall–Kier alpha value is -1.56. The third-order valence-corrected chi connectivity index (χ3v) is 4.32. The Morgan fingerprint density at radius 3 is 2.53 bits per heavy atom. The summed E-state index contributed by atoms with van der Waals surface area (Å²) in [7, 11) is 0. The second-order valence-corrected chi connectivity index (χ2v) is 5.89. The molecule has 1 heterocycles. The number of halogens is 1. The van der Waals surface area contributed by atoms with Gasteiger partial charge in [-0.25, -0.2) is 9.59 Å². The minimum Gasteiger partial charge on any atom is -0.480 e. The quantitative estimate of drug-likeness (QED) is 0.831. The zero-order chi connectivity index (χ0) is 14.4. The van der Waals surface area contributed by atoms with E-state index in [4.69, 9.17) is 0 Å². The van der Waals surface area contributed by atoms with Crippen LogP contribution in [0.1, 0.15) is 25.0 Å². The Labute approximate surface area is 119 Å². The van der Waals surface area contributed by atoms with Crippen LogP contribution in [0.4, 0.5) is 4.79 Å². The summed E-state index contributed by atoms with van der Waals surface area (Å²) in [4.78, 5) is 23.8. The van der Waals surface area contributed by atoms with Crippen molar-refractivity contribution in [2.24, 2.45) is 0 Å². The normalized spacial score (nSPS) is 20.8. The predicted molar refractivity (Wildman–Crippen MR) is 72.2 cm³/mol. The molecular weight excluding hydrogens is 314 g/mol. The molecule has 1 aromatic rings. The van der Waals surface area contributed by atoms with Crippen LogP contribution in [0, 0.1) is 0 Å². The van der Waals surface area contributed by atoms with Gasteiger partial charge in [0.05, 0.1) is 5.54 Å². The number of amides is 1. The monoisotopic (exact) mass is 327 g/mol. The molecule has 0 aliphatic carbocycles. The van der Waals surface area contributed by atoms with Crippen molar-refractivity contribution in [1.82, 2.24) is 4.90 Å². The third kappa shape index (κ3) is 2.10. The number of fused-ring (bicyclic) bond motifs is 1. The summed E-state index contributed by atoms with van der Waals surface area (Å²) < 4.78 is 0.814. The maximum atomic E-state index is 11.4. The van der Waals surface area contributed by atoms with Gasteiger partial charge in [-0.05, 0) is 31.0 Å². The van der Waals surface area contributed by atoms with Crippen molar-refractivity contribution < 1.29 is 19.8 Å². The van der Waals surface area contributed by atoms with Crippen LogP contribution in [0.15, 0.2) is 22.7 Å². The molecule has 0 unspecified atom stereocenters. The van der Waals surface area contributed by atoms with E-state index in [0.717, 1.165) is 20.5 Å². The van der Waals surface area contributed by atoms with Crippen LogP contribution >= 0.6 is 15.9 Å². The van der Waals surface area contributed by atoms with Gasteiger partial charge in [0.1, 0.15) is 6.04 Å². The number of carbonyl (C=O) groups is 2. The van der Waals surface area contributed by atoms with E-state index in [0.29, 0.717) is 0 Å². The molecule has 0 fully saturated rings. The first kappa shape index (κ1) is 13.9. The fraction of sp³-hybridized carbons (Fsp3) is 0.385. The average molecular weight is 328 g/mol. The van der Waals surface area contributed by atoms with Gasteiger partial charge in [-0.1, -0.05) is 28.1 Å². The van der Waals surface area contributed by atoms with Crippen molar-refractivity contribution in [3.05, 3.63) is 33.8 Å². The van der Waals surface area contributed by atoms with E-state index in [2.05, 4.69) is 15.9 Å². The Morgan fingerprint density at radius 2 is 2.00 bits per heavy atom. The lowest BCUT2D eigenvalue weighted by atomic mass is 9.80. The van der Waals surface area contributed by atoms with Gasteiger partial charge in [0.15, 0.2) is 0 Å². The highest BCUT2D eigenvalue weighted by atomic mass is 79.9. The molecule has 19 heavy (non-hydrogen) atoms. The highest BCUT2D eigenvalue weighted by Crippen LogP contribution is 2.40. The van der Waals surface area contributed by atoms with Gasteiger partial charge < -0.3 is 10.2 Å². The van der Waals surface area contributed by atoms with E-state index in [1.54, 1.807) is 13.8 Å². The third-order valence-electron chi connectivity index (χ3n) is 3.58. The molecule has 0 saturated heterocycles. The molecule has 0 spiro atoms. The standard InChI is InChI=1S/C13H14BrNO4/c1-13(2)8-4-3-5-9(14)7(8)6-10(11(16)17)15(13)12(18)19/h3-5,10H,6H2,1-2H3,(H,16,17)(H,18,19)/t10-/m1/s1. The number of hydrogen-bond acceptors (Lipinski definition) is 2. The molecule has 1 aliphatic heterocycles. The summed E-state index contributed by atoms with van der Waals surface area (Å²) in [6.07, 6.45) is -1.05. The highest BCUT2D eigenvalue weighted by Gasteiger charge is 2.46. The summed E-state index contributed by atoms with van der Waals surface area (Å²) in [5.41, 5.74) is 0.811. The Morgan fingerprint density at radius 1 is 1.37 bits per heavy atom. The maximum absolute atomic E-state index is 11.4. The number of carboxylic acids is 1. The molecule has 1 aliphatic rings. The lowest BCUT2D eigenvalue weighted by Crippen LogP contribution is -2.58. The summed E-state index contributed by atoms with van der Waals surface area (Å²) in [6, 6.07) is 4.43. The molecule has 0 bridgehead atoms. The van der Waals surface area contributed by atoms with Crippen molar-refractivity contribution in [3.63, 3.8) is 0 Å². The zero-order valence-electron chi connectivity index (χ0n) is 10.6. The Balaban J connectivity index is 2.66. The second-order valence-electron chi connectivity index (χ2n) is 5.04. The van der Waals surface area contributed by atoms with Crippen LogP contribution in [0.2, 0.25) is 0 Å². The van der Waals surface area contributed by atoms with Crippen LogP contribution in [0.5, 0.6) is 0 Å². The molecule has 1 atom stereocenters. The lowest BCUT2D eigenvalue weighted by Gasteiger charge is -2.45. The Bertz CT molecular complexity index is 556. The van der Waals surface area contributed by atoms with Gasteiger partial charge in [-0.3, -0.25) is 4.90 Å². The highest BCUT2D eigenvalue weighted by molar-refractivity contribution is 9.10. The molecule has 1 aromatic carbocycles. The minimum absolute atomic E-state index is 0.168. The summed E-state index contributed by atoms with van der Waals surface area (Å²) in [5.74, 6) is -1.13. The largest absolute Gasteiger partial charge is 0.480 e. The first-order valence-electron chi connectivity index (χ1n) is 5.79. The first-order chi connectivity index (χ1) is 8.76. The molecule has 5 nitrogen and oxygen atoms in total. The van der Waals surface area contributed by atoms with E-state index in [9.17, 15) is 19.8 Å². The van der Waals surface area contributed by atoms with Crippen LogP contribution in [0.25, 0.3) is 0 Å². The number of rotatable bonds is 1. The number of benzene rings is 1. The van der Waals surface area contributed by atoms with Crippen molar-refractivity contribution >= 4 is 28.0 Å². The molecule has 2 rings (SSSR count). The van der Waals surface area contributed by atoms with Crippen LogP contribution < -0.4 is 0 Å². The predicted octanol–water partition coefficient (Wildman–Crippen LogP) is 2.67. The SMILES string of the molecule is CC1(C)c2cccc(Br)c2C[C@H](C(=O)O)N1C(=O)O. The number of aliphatic carboxylic acids is 1. The second kappa shape index (κ2) is 4.52. The van der Waals surface area contributed by atoms with Crippen LogP contribution in [-0.4, -0.2) is 33.2 Å². The molecule has 6 heteroatoms. The molecule has 102 valence electrons. The lowest BCUT2D eigenvalue weighted by molar-refractivity contribution is -0.145. The smallest absolute Gasteiger partial charge is 0.408 e. The van der Waals surface area contributed by atoms with Gasteiger partial charge in [-0.15, -0.1) is 0 Å². The van der Waals surface area contributed by atoms with Gasteiger partial charge in [-0.2, -0.15) is 0 Å². The van der Waals surface area contributed by atoms with E-state index in [-0.39, 0.29) is 6.42 Å².